The van der Waals surface area contributed by atoms with Gasteiger partial charge in [-0.15, -0.1) is 0 Å². The number of ether oxygens (including phenoxy) is 1. The summed E-state index contributed by atoms with van der Waals surface area (Å²) in [4.78, 5) is 36.3. The molecule has 156 valence electrons. The fraction of sp³-hybridized carbons (Fsp3) is 0.400. The standard InChI is InChI=1S/C20H23NO6S2/c1-2-15(19(25)26)27-14-8-6-7-13(11-14)12-16-18(24)21(20(28)29-16)10-5-3-4-9-17(22)23/h6-8,11-12,15H,2-5,9-10H2,1H3,(H,22,23)(H,25,26)/b16-12-. The maximum Gasteiger partial charge on any atom is 0.344 e. The number of hydrogen-bond donors (Lipinski definition) is 2. The number of nitrogens with zero attached hydrogens (tertiary/aromatic N) is 1. The van der Waals surface area contributed by atoms with Gasteiger partial charge in [0.2, 0.25) is 0 Å². The molecule has 2 rings (SSSR count). The maximum absolute atomic E-state index is 12.6. The van der Waals surface area contributed by atoms with Crippen molar-refractivity contribution in [2.24, 2.45) is 0 Å². The van der Waals surface area contributed by atoms with Crippen LogP contribution in [-0.4, -0.2) is 49.9 Å². The molecule has 1 heterocycles. The van der Waals surface area contributed by atoms with E-state index >= 15 is 0 Å². The minimum Gasteiger partial charge on any atom is -0.481 e. The Kier molecular flexibility index (Phi) is 8.66. The molecule has 9 heteroatoms. The number of aliphatic carboxylic acids is 2. The molecular weight excluding hydrogens is 414 g/mol. The molecule has 0 radical (unpaired) electrons. The lowest BCUT2D eigenvalue weighted by Gasteiger charge is -2.14. The lowest BCUT2D eigenvalue weighted by molar-refractivity contribution is -0.145. The molecular formula is C20H23NO6S2. The first-order valence-corrected chi connectivity index (χ1v) is 10.5. The van der Waals surface area contributed by atoms with E-state index in [1.807, 2.05) is 0 Å². The van der Waals surface area contributed by atoms with E-state index in [9.17, 15) is 14.4 Å². The highest BCUT2D eigenvalue weighted by Gasteiger charge is 2.31. The molecule has 29 heavy (non-hydrogen) atoms. The highest BCUT2D eigenvalue weighted by molar-refractivity contribution is 8.26. The molecule has 1 unspecified atom stereocenters. The van der Waals surface area contributed by atoms with E-state index in [4.69, 9.17) is 27.2 Å². The van der Waals surface area contributed by atoms with Gasteiger partial charge in [-0.25, -0.2) is 4.79 Å². The first kappa shape index (κ1) is 22.9. The van der Waals surface area contributed by atoms with Crippen LogP contribution in [0.25, 0.3) is 6.08 Å². The summed E-state index contributed by atoms with van der Waals surface area (Å²) in [5.74, 6) is -1.61. The number of unbranched alkanes of at least 4 members (excludes halogenated alkanes) is 2. The number of hydrogen-bond acceptors (Lipinski definition) is 6. The van der Waals surface area contributed by atoms with Crippen LogP contribution in [-0.2, 0) is 14.4 Å². The summed E-state index contributed by atoms with van der Waals surface area (Å²) >= 11 is 6.52. The number of carbonyl (C=O) groups excluding carboxylic acids is 1. The Labute approximate surface area is 178 Å². The van der Waals surface area contributed by atoms with Gasteiger partial charge in [0.1, 0.15) is 10.1 Å². The first-order chi connectivity index (χ1) is 13.8. The number of benzene rings is 1. The van der Waals surface area contributed by atoms with E-state index in [-0.39, 0.29) is 12.3 Å². The largest absolute Gasteiger partial charge is 0.481 e. The molecule has 1 fully saturated rings. The minimum atomic E-state index is -1.03. The average molecular weight is 438 g/mol. The SMILES string of the molecule is CCC(Oc1cccc(/C=C2\SC(=S)N(CCCCCC(=O)O)C2=O)c1)C(=O)O. The van der Waals surface area contributed by atoms with Gasteiger partial charge in [0.25, 0.3) is 5.91 Å². The van der Waals surface area contributed by atoms with Gasteiger partial charge >= 0.3 is 11.9 Å². The van der Waals surface area contributed by atoms with Crippen molar-refractivity contribution in [1.29, 1.82) is 0 Å². The molecule has 1 atom stereocenters. The van der Waals surface area contributed by atoms with E-state index in [1.54, 1.807) is 37.3 Å². The van der Waals surface area contributed by atoms with Crippen LogP contribution in [0.1, 0.15) is 44.6 Å². The normalized spacial score (nSPS) is 16.3. The predicted octanol–water partition coefficient (Wildman–Crippen LogP) is 3.77. The van der Waals surface area contributed by atoms with Gasteiger partial charge in [-0.3, -0.25) is 14.5 Å². The Hall–Kier alpha value is -2.39. The van der Waals surface area contributed by atoms with Crippen molar-refractivity contribution in [2.75, 3.05) is 6.54 Å². The molecule has 1 aliphatic rings. The second kappa shape index (κ2) is 11.0. The zero-order chi connectivity index (χ0) is 21.4. The third-order valence-electron chi connectivity index (χ3n) is 4.23. The van der Waals surface area contributed by atoms with Crippen LogP contribution in [0.3, 0.4) is 0 Å². The summed E-state index contributed by atoms with van der Waals surface area (Å²) in [5, 5.41) is 17.8. The van der Waals surface area contributed by atoms with Gasteiger partial charge in [-0.05, 0) is 43.0 Å². The molecule has 0 aliphatic carbocycles. The smallest absolute Gasteiger partial charge is 0.344 e. The van der Waals surface area contributed by atoms with Crippen LogP contribution >= 0.6 is 24.0 Å². The first-order valence-electron chi connectivity index (χ1n) is 9.28. The van der Waals surface area contributed by atoms with Gasteiger partial charge < -0.3 is 14.9 Å². The van der Waals surface area contributed by atoms with Crippen molar-refractivity contribution in [2.45, 2.75) is 45.1 Å². The Morgan fingerprint density at radius 2 is 2.03 bits per heavy atom. The third kappa shape index (κ3) is 6.86. The van der Waals surface area contributed by atoms with Crippen LogP contribution in [0.4, 0.5) is 0 Å². The Morgan fingerprint density at radius 3 is 2.69 bits per heavy atom. The highest BCUT2D eigenvalue weighted by atomic mass is 32.2. The molecule has 1 aromatic rings. The summed E-state index contributed by atoms with van der Waals surface area (Å²) in [6, 6.07) is 6.89. The molecule has 0 spiro atoms. The molecule has 1 saturated heterocycles. The number of thiocarbonyl (C=S) groups is 1. The number of rotatable bonds is 11. The van der Waals surface area contributed by atoms with E-state index in [0.29, 0.717) is 52.8 Å². The Balaban J connectivity index is 2.00. The lowest BCUT2D eigenvalue weighted by Crippen LogP contribution is -2.29. The molecule has 2 N–H and O–H groups in total. The van der Waals surface area contributed by atoms with Gasteiger partial charge in [-0.2, -0.15) is 0 Å². The number of carbonyl (C=O) groups is 3. The molecule has 0 aromatic heterocycles. The lowest BCUT2D eigenvalue weighted by atomic mass is 10.1. The van der Waals surface area contributed by atoms with Crippen molar-refractivity contribution in [3.63, 3.8) is 0 Å². The van der Waals surface area contributed by atoms with Crippen LogP contribution in [0.5, 0.6) is 5.75 Å². The number of carboxylic acids is 2. The van der Waals surface area contributed by atoms with Crippen LogP contribution in [0, 0.1) is 0 Å². The summed E-state index contributed by atoms with van der Waals surface area (Å²) in [5.41, 5.74) is 0.713. The number of amides is 1. The summed E-state index contributed by atoms with van der Waals surface area (Å²) < 4.78 is 5.97. The molecule has 1 amide bonds. The van der Waals surface area contributed by atoms with Crippen LogP contribution < -0.4 is 4.74 Å². The van der Waals surface area contributed by atoms with Crippen molar-refractivity contribution in [3.8, 4) is 5.75 Å². The molecule has 1 aliphatic heterocycles. The van der Waals surface area contributed by atoms with E-state index in [1.165, 1.54) is 16.7 Å². The minimum absolute atomic E-state index is 0.122. The molecule has 0 saturated carbocycles. The second-order valence-corrected chi connectivity index (χ2v) is 8.14. The van der Waals surface area contributed by atoms with Crippen molar-refractivity contribution in [3.05, 3.63) is 34.7 Å². The van der Waals surface area contributed by atoms with Gasteiger partial charge in [0.05, 0.1) is 4.91 Å². The van der Waals surface area contributed by atoms with E-state index in [0.717, 1.165) is 0 Å². The van der Waals surface area contributed by atoms with Gasteiger partial charge in [-0.1, -0.05) is 49.5 Å². The zero-order valence-electron chi connectivity index (χ0n) is 16.0. The summed E-state index contributed by atoms with van der Waals surface area (Å²) in [6.07, 6.45) is 3.21. The zero-order valence-corrected chi connectivity index (χ0v) is 17.6. The molecule has 0 bridgehead atoms. The fourth-order valence-electron chi connectivity index (χ4n) is 2.72. The fourth-order valence-corrected chi connectivity index (χ4v) is 4.03. The predicted molar refractivity (Wildman–Crippen MR) is 115 cm³/mol. The van der Waals surface area contributed by atoms with E-state index in [2.05, 4.69) is 0 Å². The molecule has 7 nitrogen and oxygen atoms in total. The highest BCUT2D eigenvalue weighted by Crippen LogP contribution is 2.33. The van der Waals surface area contributed by atoms with Gasteiger partial charge in [0.15, 0.2) is 6.10 Å². The van der Waals surface area contributed by atoms with Crippen molar-refractivity contribution >= 4 is 52.2 Å². The number of carboxylic acid groups (broad SMARTS) is 2. The Morgan fingerprint density at radius 1 is 1.28 bits per heavy atom. The maximum atomic E-state index is 12.6. The number of thioether (sulfide) groups is 1. The van der Waals surface area contributed by atoms with Crippen LogP contribution in [0.15, 0.2) is 29.2 Å². The summed E-state index contributed by atoms with van der Waals surface area (Å²) in [7, 11) is 0. The second-order valence-electron chi connectivity index (χ2n) is 6.46. The monoisotopic (exact) mass is 437 g/mol. The van der Waals surface area contributed by atoms with Crippen molar-refractivity contribution in [1.82, 2.24) is 4.90 Å². The third-order valence-corrected chi connectivity index (χ3v) is 5.60. The summed E-state index contributed by atoms with van der Waals surface area (Å²) in [6.45, 7) is 2.19. The van der Waals surface area contributed by atoms with Gasteiger partial charge in [0, 0.05) is 13.0 Å². The molecule has 1 aromatic carbocycles. The average Bonchev–Trinajstić information content (AvgIpc) is 2.92. The van der Waals surface area contributed by atoms with Crippen molar-refractivity contribution < 1.29 is 29.3 Å². The Bertz CT molecular complexity index is 823. The van der Waals surface area contributed by atoms with Crippen LogP contribution in [0.2, 0.25) is 0 Å². The van der Waals surface area contributed by atoms with E-state index < -0.39 is 18.0 Å². The topological polar surface area (TPSA) is 104 Å². The quantitative estimate of drug-likeness (QED) is 0.306.